The Kier molecular flexibility index (Phi) is 7.19. The smallest absolute Gasteiger partial charge is 0.334 e. The number of carboxylic acid groups (broad SMARTS) is 1. The molecule has 9 heteroatoms. The lowest BCUT2D eigenvalue weighted by Crippen LogP contribution is -2.45. The zero-order chi connectivity index (χ0) is 13.3. The van der Waals surface area contributed by atoms with E-state index >= 15 is 0 Å². The zero-order valence-electron chi connectivity index (χ0n) is 9.36. The van der Waals surface area contributed by atoms with Gasteiger partial charge in [-0.2, -0.15) is 0 Å². The van der Waals surface area contributed by atoms with Crippen LogP contribution in [-0.2, 0) is 9.53 Å². The van der Waals surface area contributed by atoms with Crippen molar-refractivity contribution in [2.75, 3.05) is 26.7 Å². The van der Waals surface area contributed by atoms with Crippen molar-refractivity contribution in [2.45, 2.75) is 6.10 Å². The summed E-state index contributed by atoms with van der Waals surface area (Å²) in [4.78, 5) is 31.9. The molecule has 0 bridgehead atoms. The largest absolute Gasteiger partial charge is 0.479 e. The lowest BCUT2D eigenvalue weighted by atomic mass is 10.3. The normalized spacial score (nSPS) is 11.4. The molecule has 0 aliphatic carbocycles. The summed E-state index contributed by atoms with van der Waals surface area (Å²) in [5, 5.41) is 15.6. The van der Waals surface area contributed by atoms with Gasteiger partial charge in [-0.25, -0.2) is 14.4 Å². The van der Waals surface area contributed by atoms with Crippen LogP contribution < -0.4 is 21.7 Å². The molecule has 0 aromatic carbocycles. The number of carboxylic acids is 1. The van der Waals surface area contributed by atoms with Gasteiger partial charge < -0.3 is 31.5 Å². The number of ether oxygens (including phenoxy) is 1. The molecule has 0 saturated heterocycles. The number of urea groups is 2. The highest BCUT2D eigenvalue weighted by molar-refractivity contribution is 5.77. The van der Waals surface area contributed by atoms with Crippen molar-refractivity contribution >= 4 is 18.0 Å². The summed E-state index contributed by atoms with van der Waals surface area (Å²) >= 11 is 0. The Balaban J connectivity index is 3.65. The van der Waals surface area contributed by atoms with E-state index in [1.807, 2.05) is 0 Å². The van der Waals surface area contributed by atoms with Gasteiger partial charge in [-0.15, -0.1) is 0 Å². The van der Waals surface area contributed by atoms with E-state index in [9.17, 15) is 14.4 Å². The quantitative estimate of drug-likeness (QED) is 0.333. The van der Waals surface area contributed by atoms with Crippen LogP contribution in [-0.4, -0.2) is 56.0 Å². The predicted octanol–water partition coefficient (Wildman–Crippen LogP) is -1.95. The van der Waals surface area contributed by atoms with E-state index in [4.69, 9.17) is 10.8 Å². The molecule has 0 aromatic rings. The van der Waals surface area contributed by atoms with Gasteiger partial charge in [-0.3, -0.25) is 0 Å². The Morgan fingerprint density at radius 1 is 1.24 bits per heavy atom. The van der Waals surface area contributed by atoms with E-state index in [0.717, 1.165) is 0 Å². The van der Waals surface area contributed by atoms with E-state index < -0.39 is 24.1 Å². The molecular formula is C8H16N4O5. The zero-order valence-corrected chi connectivity index (χ0v) is 9.36. The third-order valence-corrected chi connectivity index (χ3v) is 1.72. The maximum Gasteiger partial charge on any atom is 0.334 e. The minimum Gasteiger partial charge on any atom is -0.479 e. The van der Waals surface area contributed by atoms with Crippen molar-refractivity contribution in [1.29, 1.82) is 0 Å². The fraction of sp³-hybridized carbons (Fsp3) is 0.625. The van der Waals surface area contributed by atoms with Crippen molar-refractivity contribution in [3.05, 3.63) is 0 Å². The van der Waals surface area contributed by atoms with E-state index in [1.165, 1.54) is 7.11 Å². The number of hydrogen-bond acceptors (Lipinski definition) is 4. The highest BCUT2D eigenvalue weighted by atomic mass is 16.5. The molecule has 17 heavy (non-hydrogen) atoms. The molecule has 4 amide bonds. The Morgan fingerprint density at radius 2 is 1.82 bits per heavy atom. The average Bonchev–Trinajstić information content (AvgIpc) is 2.24. The number of carbonyl (C=O) groups is 3. The first-order valence-electron chi connectivity index (χ1n) is 4.78. The van der Waals surface area contributed by atoms with Crippen LogP contribution in [0.25, 0.3) is 0 Å². The van der Waals surface area contributed by atoms with Crippen LogP contribution in [0.1, 0.15) is 0 Å². The van der Waals surface area contributed by atoms with E-state index in [1.54, 1.807) is 0 Å². The van der Waals surface area contributed by atoms with Crippen LogP contribution in [0.15, 0.2) is 0 Å². The van der Waals surface area contributed by atoms with Gasteiger partial charge in [0.25, 0.3) is 0 Å². The second-order valence-electron chi connectivity index (χ2n) is 2.99. The summed E-state index contributed by atoms with van der Waals surface area (Å²) in [7, 11) is 1.23. The van der Waals surface area contributed by atoms with Gasteiger partial charge in [0.2, 0.25) is 0 Å². The third kappa shape index (κ3) is 7.85. The molecule has 0 aliphatic heterocycles. The monoisotopic (exact) mass is 248 g/mol. The third-order valence-electron chi connectivity index (χ3n) is 1.72. The summed E-state index contributed by atoms with van der Waals surface area (Å²) in [5.41, 5.74) is 4.80. The minimum atomic E-state index is -1.16. The highest BCUT2D eigenvalue weighted by Gasteiger charge is 2.16. The Hall–Kier alpha value is -2.03. The van der Waals surface area contributed by atoms with E-state index in [0.29, 0.717) is 0 Å². The van der Waals surface area contributed by atoms with Gasteiger partial charge in [-0.05, 0) is 0 Å². The van der Waals surface area contributed by atoms with Crippen molar-refractivity contribution < 1.29 is 24.2 Å². The molecule has 1 unspecified atom stereocenters. The first-order chi connectivity index (χ1) is 7.97. The summed E-state index contributed by atoms with van der Waals surface area (Å²) in [6.07, 6.45) is -1.09. The second-order valence-corrected chi connectivity index (χ2v) is 2.99. The van der Waals surface area contributed by atoms with Gasteiger partial charge >= 0.3 is 18.0 Å². The van der Waals surface area contributed by atoms with Gasteiger partial charge in [0.1, 0.15) is 0 Å². The molecule has 1 atom stereocenters. The average molecular weight is 248 g/mol. The van der Waals surface area contributed by atoms with Gasteiger partial charge in [0.15, 0.2) is 6.10 Å². The number of nitrogens with one attached hydrogen (secondary N) is 3. The topological polar surface area (TPSA) is 143 Å². The minimum absolute atomic E-state index is 0.152. The number of primary amides is 1. The number of amides is 4. The van der Waals surface area contributed by atoms with Crippen LogP contribution in [0.3, 0.4) is 0 Å². The summed E-state index contributed by atoms with van der Waals surface area (Å²) in [5.74, 6) is -1.16. The van der Waals surface area contributed by atoms with E-state index in [-0.39, 0.29) is 19.6 Å². The first kappa shape index (κ1) is 15.0. The molecule has 98 valence electrons. The van der Waals surface area contributed by atoms with Crippen LogP contribution >= 0.6 is 0 Å². The number of rotatable bonds is 7. The molecule has 0 rings (SSSR count). The van der Waals surface area contributed by atoms with Crippen molar-refractivity contribution in [3.63, 3.8) is 0 Å². The molecule has 0 aromatic heterocycles. The molecule has 0 heterocycles. The fourth-order valence-electron chi connectivity index (χ4n) is 0.881. The Labute approximate surface area is 97.7 Å². The molecule has 0 fully saturated rings. The Bertz CT molecular complexity index is 283. The molecule has 0 aliphatic rings. The second kappa shape index (κ2) is 8.16. The van der Waals surface area contributed by atoms with Crippen molar-refractivity contribution in [1.82, 2.24) is 16.0 Å². The van der Waals surface area contributed by atoms with Crippen LogP contribution in [0.4, 0.5) is 9.59 Å². The lowest BCUT2D eigenvalue weighted by Gasteiger charge is -2.12. The van der Waals surface area contributed by atoms with Gasteiger partial charge in [-0.1, -0.05) is 0 Å². The maximum atomic E-state index is 11.1. The fourth-order valence-corrected chi connectivity index (χ4v) is 0.881. The van der Waals surface area contributed by atoms with Crippen molar-refractivity contribution in [3.8, 4) is 0 Å². The summed E-state index contributed by atoms with van der Waals surface area (Å²) < 4.78 is 4.60. The Morgan fingerprint density at radius 3 is 2.29 bits per heavy atom. The molecular weight excluding hydrogens is 232 g/mol. The summed E-state index contributed by atoms with van der Waals surface area (Å²) in [6, 6.07) is -1.24. The number of methoxy groups -OCH3 is 1. The molecule has 6 N–H and O–H groups in total. The highest BCUT2D eigenvalue weighted by Crippen LogP contribution is 1.87. The molecule has 0 spiro atoms. The van der Waals surface area contributed by atoms with Gasteiger partial charge in [0.05, 0.1) is 6.54 Å². The van der Waals surface area contributed by atoms with Crippen molar-refractivity contribution in [2.24, 2.45) is 5.73 Å². The summed E-state index contributed by atoms with van der Waals surface area (Å²) in [6.45, 7) is 0.218. The maximum absolute atomic E-state index is 11.1. The van der Waals surface area contributed by atoms with Gasteiger partial charge in [0, 0.05) is 20.2 Å². The first-order valence-corrected chi connectivity index (χ1v) is 4.78. The van der Waals surface area contributed by atoms with Crippen LogP contribution in [0, 0.1) is 0 Å². The SMILES string of the molecule is COC(CNC(=O)NCCNC(N)=O)C(=O)O. The standard InChI is InChI=1S/C8H16N4O5/c1-17-5(6(13)14)4-12-8(16)11-3-2-10-7(9)15/h5H,2-4H2,1H3,(H,13,14)(H3,9,10,15)(H2,11,12,16). The molecule has 0 saturated carbocycles. The molecule has 0 radical (unpaired) electrons. The number of carbonyl (C=O) groups excluding carboxylic acids is 2. The van der Waals surface area contributed by atoms with Crippen LogP contribution in [0.2, 0.25) is 0 Å². The number of aliphatic carboxylic acids is 1. The number of nitrogens with two attached hydrogens (primary N) is 1. The lowest BCUT2D eigenvalue weighted by molar-refractivity contribution is -0.147. The van der Waals surface area contributed by atoms with Crippen LogP contribution in [0.5, 0.6) is 0 Å². The predicted molar refractivity (Wildman–Crippen MR) is 57.4 cm³/mol. The molecule has 9 nitrogen and oxygen atoms in total. The van der Waals surface area contributed by atoms with E-state index in [2.05, 4.69) is 20.7 Å². The number of hydrogen-bond donors (Lipinski definition) is 5.